The molecular formula is C18H18N4O5S. The number of hydrogen-bond donors (Lipinski definition) is 2. The number of nitro benzene ring substituents is 1. The van der Waals surface area contributed by atoms with E-state index in [-0.39, 0.29) is 18.8 Å². The van der Waals surface area contributed by atoms with Crippen molar-refractivity contribution in [2.45, 2.75) is 20.0 Å². The Kier molecular flexibility index (Phi) is 5.81. The Labute approximate surface area is 164 Å². The van der Waals surface area contributed by atoms with Crippen LogP contribution in [0.3, 0.4) is 0 Å². The fraction of sp³-hybridized carbons (Fsp3) is 0.278. The lowest BCUT2D eigenvalue weighted by atomic mass is 10.1. The third-order valence-electron chi connectivity index (χ3n) is 4.14. The van der Waals surface area contributed by atoms with Crippen molar-refractivity contribution in [2.75, 3.05) is 18.5 Å². The average Bonchev–Trinajstić information content (AvgIpc) is 3.04. The Morgan fingerprint density at radius 3 is 2.71 bits per heavy atom. The molecule has 0 aliphatic heterocycles. The number of nitrogens with zero attached hydrogens (tertiary/aromatic N) is 3. The van der Waals surface area contributed by atoms with Crippen LogP contribution in [0.5, 0.6) is 0 Å². The van der Waals surface area contributed by atoms with Gasteiger partial charge in [-0.1, -0.05) is 0 Å². The molecular weight excluding hydrogens is 384 g/mol. The van der Waals surface area contributed by atoms with Gasteiger partial charge in [0.15, 0.2) is 0 Å². The summed E-state index contributed by atoms with van der Waals surface area (Å²) in [5.74, 6) is 0.0927. The molecule has 0 fully saturated rings. The summed E-state index contributed by atoms with van der Waals surface area (Å²) in [6.45, 7) is 3.96. The summed E-state index contributed by atoms with van der Waals surface area (Å²) in [5, 5.41) is 24.9. The predicted octanol–water partition coefficient (Wildman–Crippen LogP) is 3.23. The first-order chi connectivity index (χ1) is 13.4. The number of aliphatic hydroxyl groups is 1. The smallest absolute Gasteiger partial charge is 0.348 e. The third kappa shape index (κ3) is 3.92. The van der Waals surface area contributed by atoms with Gasteiger partial charge in [0.05, 0.1) is 23.0 Å². The zero-order chi connectivity index (χ0) is 20.3. The van der Waals surface area contributed by atoms with Crippen LogP contribution in [0, 0.1) is 17.0 Å². The van der Waals surface area contributed by atoms with Gasteiger partial charge >= 0.3 is 5.97 Å². The van der Waals surface area contributed by atoms with Gasteiger partial charge in [0, 0.05) is 18.7 Å². The minimum absolute atomic E-state index is 0.0400. The van der Waals surface area contributed by atoms with Crippen molar-refractivity contribution in [2.24, 2.45) is 0 Å². The van der Waals surface area contributed by atoms with E-state index in [2.05, 4.69) is 15.3 Å². The number of aliphatic hydroxyl groups excluding tert-OH is 1. The number of nitrogens with one attached hydrogen (secondary N) is 1. The van der Waals surface area contributed by atoms with E-state index in [1.807, 2.05) is 0 Å². The number of thiophene rings is 1. The van der Waals surface area contributed by atoms with Gasteiger partial charge in [-0.05, 0) is 37.1 Å². The molecule has 10 heteroatoms. The van der Waals surface area contributed by atoms with E-state index >= 15 is 0 Å². The van der Waals surface area contributed by atoms with E-state index in [0.717, 1.165) is 0 Å². The molecule has 1 atom stereocenters. The van der Waals surface area contributed by atoms with E-state index in [9.17, 15) is 20.0 Å². The maximum absolute atomic E-state index is 12.1. The largest absolute Gasteiger partial charge is 0.462 e. The normalized spacial score (nSPS) is 12.0. The molecule has 146 valence electrons. The van der Waals surface area contributed by atoms with Crippen LogP contribution in [0.4, 0.5) is 11.5 Å². The summed E-state index contributed by atoms with van der Waals surface area (Å²) in [6.07, 6.45) is 0.489. The number of aromatic nitrogens is 2. The van der Waals surface area contributed by atoms with Crippen molar-refractivity contribution in [3.63, 3.8) is 0 Å². The highest BCUT2D eigenvalue weighted by molar-refractivity contribution is 7.20. The van der Waals surface area contributed by atoms with Gasteiger partial charge in [0.25, 0.3) is 5.69 Å². The van der Waals surface area contributed by atoms with Crippen molar-refractivity contribution >= 4 is 39.0 Å². The summed E-state index contributed by atoms with van der Waals surface area (Å²) in [4.78, 5) is 31.9. The number of nitro groups is 1. The van der Waals surface area contributed by atoms with Crippen LogP contribution in [0.25, 0.3) is 10.2 Å². The van der Waals surface area contributed by atoms with E-state index in [1.165, 1.54) is 41.9 Å². The molecule has 0 bridgehead atoms. The van der Waals surface area contributed by atoms with Gasteiger partial charge < -0.3 is 15.2 Å². The molecule has 1 aromatic carbocycles. The highest BCUT2D eigenvalue weighted by Crippen LogP contribution is 2.34. The summed E-state index contributed by atoms with van der Waals surface area (Å²) in [7, 11) is 0. The number of anilines is 1. The minimum atomic E-state index is -0.894. The number of esters is 1. The summed E-state index contributed by atoms with van der Waals surface area (Å²) in [6, 6.07) is 5.70. The molecule has 2 aromatic heterocycles. The number of aryl methyl sites for hydroxylation is 1. The first-order valence-electron chi connectivity index (χ1n) is 8.49. The highest BCUT2D eigenvalue weighted by Gasteiger charge is 2.20. The number of rotatable bonds is 7. The fourth-order valence-corrected chi connectivity index (χ4v) is 3.77. The second kappa shape index (κ2) is 8.28. The van der Waals surface area contributed by atoms with Crippen LogP contribution >= 0.6 is 11.3 Å². The molecule has 28 heavy (non-hydrogen) atoms. The SMILES string of the molecule is CCOC(=O)c1sc2ncnc(NC[C@H](O)c3ccc([N+](=O)[O-])cc3)c2c1C. The third-order valence-corrected chi connectivity index (χ3v) is 5.32. The Hall–Kier alpha value is -3.11. The number of ether oxygens (including phenoxy) is 1. The minimum Gasteiger partial charge on any atom is -0.462 e. The Morgan fingerprint density at radius 1 is 1.36 bits per heavy atom. The lowest BCUT2D eigenvalue weighted by molar-refractivity contribution is -0.384. The van der Waals surface area contributed by atoms with Crippen molar-refractivity contribution in [3.8, 4) is 0 Å². The fourth-order valence-electron chi connectivity index (χ4n) is 2.73. The van der Waals surface area contributed by atoms with Crippen molar-refractivity contribution in [3.05, 3.63) is 56.7 Å². The number of hydrogen-bond acceptors (Lipinski definition) is 9. The van der Waals surface area contributed by atoms with Crippen LogP contribution in [0.15, 0.2) is 30.6 Å². The van der Waals surface area contributed by atoms with Crippen LogP contribution < -0.4 is 5.32 Å². The molecule has 0 amide bonds. The Balaban J connectivity index is 1.80. The first-order valence-corrected chi connectivity index (χ1v) is 9.31. The molecule has 3 rings (SSSR count). The topological polar surface area (TPSA) is 127 Å². The molecule has 3 aromatic rings. The van der Waals surface area contributed by atoms with Gasteiger partial charge in [-0.2, -0.15) is 0 Å². The number of fused-ring (bicyclic) bond motifs is 1. The van der Waals surface area contributed by atoms with Crippen LogP contribution in [0.2, 0.25) is 0 Å². The standard InChI is InChI=1S/C18H18N4O5S/c1-3-27-18(24)15-10(2)14-16(20-9-21-17(14)28-15)19-8-13(23)11-4-6-12(7-5-11)22(25)26/h4-7,9,13,23H,3,8H2,1-2H3,(H,19,20,21)/t13-/m0/s1. The predicted molar refractivity (Wildman–Crippen MR) is 105 cm³/mol. The lowest BCUT2D eigenvalue weighted by Crippen LogP contribution is -2.13. The Morgan fingerprint density at radius 2 is 2.07 bits per heavy atom. The zero-order valence-electron chi connectivity index (χ0n) is 15.2. The van der Waals surface area contributed by atoms with Crippen molar-refractivity contribution in [1.82, 2.24) is 9.97 Å². The van der Waals surface area contributed by atoms with Gasteiger partial charge in [-0.25, -0.2) is 14.8 Å². The van der Waals surface area contributed by atoms with Gasteiger partial charge in [-0.3, -0.25) is 10.1 Å². The monoisotopic (exact) mass is 402 g/mol. The van der Waals surface area contributed by atoms with E-state index in [0.29, 0.717) is 32.0 Å². The van der Waals surface area contributed by atoms with Gasteiger partial charge in [-0.15, -0.1) is 11.3 Å². The zero-order valence-corrected chi connectivity index (χ0v) is 16.0. The molecule has 0 saturated carbocycles. The second-order valence-corrected chi connectivity index (χ2v) is 6.92. The van der Waals surface area contributed by atoms with Crippen LogP contribution in [0.1, 0.15) is 33.8 Å². The molecule has 0 aliphatic carbocycles. The molecule has 0 unspecified atom stereocenters. The number of non-ortho nitro benzene ring substituents is 1. The number of carbonyl (C=O) groups excluding carboxylic acids is 1. The molecule has 2 heterocycles. The molecule has 0 radical (unpaired) electrons. The number of carbonyl (C=O) groups is 1. The molecule has 2 N–H and O–H groups in total. The summed E-state index contributed by atoms with van der Waals surface area (Å²) >= 11 is 1.23. The van der Waals surface area contributed by atoms with Gasteiger partial charge in [0.2, 0.25) is 0 Å². The quantitative estimate of drug-likeness (QED) is 0.350. The van der Waals surface area contributed by atoms with E-state index < -0.39 is 17.0 Å². The van der Waals surface area contributed by atoms with Crippen molar-refractivity contribution in [1.29, 1.82) is 0 Å². The summed E-state index contributed by atoms with van der Waals surface area (Å²) in [5.41, 5.74) is 1.21. The van der Waals surface area contributed by atoms with Crippen molar-refractivity contribution < 1.29 is 19.6 Å². The molecule has 0 spiro atoms. The van der Waals surface area contributed by atoms with E-state index in [1.54, 1.807) is 13.8 Å². The number of benzene rings is 1. The maximum atomic E-state index is 12.1. The van der Waals surface area contributed by atoms with Gasteiger partial charge in [0.1, 0.15) is 21.9 Å². The second-order valence-electron chi connectivity index (χ2n) is 5.92. The lowest BCUT2D eigenvalue weighted by Gasteiger charge is -2.13. The molecule has 0 aliphatic rings. The molecule has 9 nitrogen and oxygen atoms in total. The maximum Gasteiger partial charge on any atom is 0.348 e. The Bertz CT molecular complexity index is 1020. The highest BCUT2D eigenvalue weighted by atomic mass is 32.1. The average molecular weight is 402 g/mol. The van der Waals surface area contributed by atoms with Crippen LogP contribution in [-0.4, -0.2) is 39.1 Å². The molecule has 0 saturated heterocycles. The van der Waals surface area contributed by atoms with E-state index in [4.69, 9.17) is 4.74 Å². The first kappa shape index (κ1) is 19.6. The summed E-state index contributed by atoms with van der Waals surface area (Å²) < 4.78 is 5.08. The van der Waals surface area contributed by atoms with Crippen LogP contribution in [-0.2, 0) is 4.74 Å².